The number of hydrogen-bond acceptors (Lipinski definition) is 5. The second kappa shape index (κ2) is 8.61. The summed E-state index contributed by atoms with van der Waals surface area (Å²) in [5.74, 6) is -1.96. The molecule has 10 heteroatoms. The van der Waals surface area contributed by atoms with Crippen LogP contribution in [0.5, 0.6) is 0 Å². The number of halogens is 2. The van der Waals surface area contributed by atoms with Crippen molar-refractivity contribution in [2.75, 3.05) is 26.3 Å². The number of aromatic nitrogens is 1. The summed E-state index contributed by atoms with van der Waals surface area (Å²) in [7, 11) is -4.45. The summed E-state index contributed by atoms with van der Waals surface area (Å²) in [4.78, 5) is 14.0. The van der Waals surface area contributed by atoms with Gasteiger partial charge in [0.15, 0.2) is 5.50 Å². The maximum absolute atomic E-state index is 14.9. The molecule has 7 nitrogen and oxygen atoms in total. The predicted molar refractivity (Wildman–Crippen MR) is 115 cm³/mol. The number of aryl methyl sites for hydroxylation is 1. The lowest BCUT2D eigenvalue weighted by molar-refractivity contribution is 0.0275. The molecule has 4 rings (SSSR count). The van der Waals surface area contributed by atoms with Gasteiger partial charge in [-0.25, -0.2) is 22.0 Å². The molecule has 3 aromatic rings. The molecule has 170 valence electrons. The van der Waals surface area contributed by atoms with E-state index in [0.717, 1.165) is 11.5 Å². The zero-order chi connectivity index (χ0) is 23.0. The van der Waals surface area contributed by atoms with E-state index in [1.807, 2.05) is 12.1 Å². The van der Waals surface area contributed by atoms with Gasteiger partial charge in [-0.05, 0) is 37.6 Å². The van der Waals surface area contributed by atoms with Crippen molar-refractivity contribution >= 4 is 26.8 Å². The van der Waals surface area contributed by atoms with Crippen molar-refractivity contribution < 1.29 is 26.7 Å². The summed E-state index contributed by atoms with van der Waals surface area (Å²) in [6.45, 7) is 3.52. The number of morpholine rings is 1. The molecule has 1 N–H and O–H groups in total. The van der Waals surface area contributed by atoms with Crippen LogP contribution in [0, 0.1) is 25.5 Å². The molecule has 1 saturated heterocycles. The Labute approximate surface area is 184 Å². The largest absolute Gasteiger partial charge is 0.379 e. The molecule has 0 aliphatic carbocycles. The number of amides is 1. The molecule has 0 saturated carbocycles. The monoisotopic (exact) mass is 463 g/mol. The molecule has 1 amide bonds. The maximum atomic E-state index is 14.9. The zero-order valence-electron chi connectivity index (χ0n) is 17.6. The van der Waals surface area contributed by atoms with Crippen LogP contribution in [-0.2, 0) is 14.6 Å². The molecule has 2 heterocycles. The first-order valence-corrected chi connectivity index (χ1v) is 11.6. The van der Waals surface area contributed by atoms with Crippen LogP contribution in [-0.4, -0.2) is 55.7 Å². The molecule has 1 fully saturated rings. The van der Waals surface area contributed by atoms with Gasteiger partial charge in [-0.3, -0.25) is 9.47 Å². The third kappa shape index (κ3) is 3.89. The Bertz CT molecular complexity index is 1280. The number of carbonyl (C=O) groups is 1. The van der Waals surface area contributed by atoms with E-state index in [1.165, 1.54) is 29.5 Å². The van der Waals surface area contributed by atoms with Crippen molar-refractivity contribution in [2.24, 2.45) is 0 Å². The van der Waals surface area contributed by atoms with Gasteiger partial charge >= 0.3 is 6.03 Å². The fourth-order valence-electron chi connectivity index (χ4n) is 3.84. The molecule has 0 bridgehead atoms. The first-order valence-electron chi connectivity index (χ1n) is 10.1. The van der Waals surface area contributed by atoms with Gasteiger partial charge in [-0.2, -0.15) is 0 Å². The molecular weight excluding hydrogens is 440 g/mol. The predicted octanol–water partition coefficient (Wildman–Crippen LogP) is 3.18. The molecule has 1 aliphatic heterocycles. The maximum Gasteiger partial charge on any atom is 0.328 e. The third-order valence-electron chi connectivity index (χ3n) is 5.61. The average Bonchev–Trinajstić information content (AvgIpc) is 3.23. The highest BCUT2D eigenvalue weighted by Gasteiger charge is 2.38. The summed E-state index contributed by atoms with van der Waals surface area (Å²) >= 11 is 0. The molecule has 32 heavy (non-hydrogen) atoms. The summed E-state index contributed by atoms with van der Waals surface area (Å²) in [5.41, 5.74) is -1.33. The van der Waals surface area contributed by atoms with E-state index in [0.29, 0.717) is 5.52 Å². The zero-order valence-corrected chi connectivity index (χ0v) is 18.5. The van der Waals surface area contributed by atoms with E-state index < -0.39 is 37.9 Å². The number of fused-ring (bicyclic) bond motifs is 1. The van der Waals surface area contributed by atoms with Crippen molar-refractivity contribution in [2.45, 2.75) is 24.2 Å². The number of rotatable bonds is 4. The molecule has 2 aromatic carbocycles. The Morgan fingerprint density at radius 3 is 2.50 bits per heavy atom. The normalized spacial score (nSPS) is 16.2. The minimum absolute atomic E-state index is 0.00549. The lowest BCUT2D eigenvalue weighted by atomic mass is 10.1. The molecule has 0 spiro atoms. The van der Waals surface area contributed by atoms with Gasteiger partial charge in [0.05, 0.1) is 18.7 Å². The molecule has 1 aromatic heterocycles. The minimum Gasteiger partial charge on any atom is -0.379 e. The highest BCUT2D eigenvalue weighted by atomic mass is 32.2. The van der Waals surface area contributed by atoms with Crippen molar-refractivity contribution in [3.63, 3.8) is 0 Å². The number of hydrogen-bond donors (Lipinski definition) is 1. The van der Waals surface area contributed by atoms with Crippen LogP contribution >= 0.6 is 0 Å². The van der Waals surface area contributed by atoms with E-state index in [2.05, 4.69) is 5.32 Å². The van der Waals surface area contributed by atoms with Crippen molar-refractivity contribution in [3.05, 3.63) is 65.4 Å². The van der Waals surface area contributed by atoms with Crippen LogP contribution in [0.4, 0.5) is 13.6 Å². The molecule has 1 unspecified atom stereocenters. The van der Waals surface area contributed by atoms with Crippen molar-refractivity contribution in [3.8, 4) is 0 Å². The Morgan fingerprint density at radius 1 is 1.09 bits per heavy atom. The van der Waals surface area contributed by atoms with Gasteiger partial charge in [0.1, 0.15) is 16.5 Å². The minimum atomic E-state index is -4.45. The van der Waals surface area contributed by atoms with Gasteiger partial charge in [0.2, 0.25) is 9.84 Å². The molecule has 1 atom stereocenters. The number of ether oxygens (including phenoxy) is 1. The Kier molecular flexibility index (Phi) is 6.02. The summed E-state index contributed by atoms with van der Waals surface area (Å²) in [6.07, 6.45) is 1.54. The molecular formula is C22H23F2N3O4S. The van der Waals surface area contributed by atoms with Crippen molar-refractivity contribution in [1.29, 1.82) is 0 Å². The van der Waals surface area contributed by atoms with Gasteiger partial charge < -0.3 is 10.1 Å². The van der Waals surface area contributed by atoms with Gasteiger partial charge in [0, 0.05) is 30.2 Å². The van der Waals surface area contributed by atoms with E-state index in [9.17, 15) is 22.0 Å². The second-order valence-corrected chi connectivity index (χ2v) is 9.66. The molecule has 1 aliphatic rings. The van der Waals surface area contributed by atoms with Gasteiger partial charge in [-0.1, -0.05) is 18.2 Å². The highest BCUT2D eigenvalue weighted by Crippen LogP contribution is 2.27. The van der Waals surface area contributed by atoms with Crippen molar-refractivity contribution in [1.82, 2.24) is 14.8 Å². The van der Waals surface area contributed by atoms with Gasteiger partial charge in [0.25, 0.3) is 0 Å². The topological polar surface area (TPSA) is 80.6 Å². The standard InChI is InChI=1S/C22H23F2N3O4S/c1-14-13-18(20(24)15(2)19(14)23)32(29,30)22(26-9-11-31-12-10-26)25-21(28)27-8-7-16-5-3-4-6-17(16)27/h3-8,13,22H,9-12H2,1-2H3,(H,25,28). The smallest absolute Gasteiger partial charge is 0.328 e. The first kappa shape index (κ1) is 22.4. The quantitative estimate of drug-likeness (QED) is 0.601. The fraction of sp³-hybridized carbons (Fsp3) is 0.318. The van der Waals surface area contributed by atoms with Crippen LogP contribution < -0.4 is 5.32 Å². The molecule has 0 radical (unpaired) electrons. The average molecular weight is 464 g/mol. The lowest BCUT2D eigenvalue weighted by Gasteiger charge is -2.34. The van der Waals surface area contributed by atoms with Gasteiger partial charge in [-0.15, -0.1) is 0 Å². The van der Waals surface area contributed by atoms with Crippen LogP contribution in [0.2, 0.25) is 0 Å². The summed E-state index contributed by atoms with van der Waals surface area (Å²) in [5, 5.41) is 3.36. The van der Waals surface area contributed by atoms with E-state index in [-0.39, 0.29) is 37.4 Å². The van der Waals surface area contributed by atoms with E-state index in [1.54, 1.807) is 18.2 Å². The SMILES string of the molecule is Cc1cc(S(=O)(=O)C(NC(=O)n2ccc3ccccc32)N2CCOCC2)c(F)c(C)c1F. The number of nitrogens with one attached hydrogen (secondary N) is 1. The summed E-state index contributed by atoms with van der Waals surface area (Å²) < 4.78 is 62.8. The van der Waals surface area contributed by atoms with Crippen LogP contribution in [0.3, 0.4) is 0 Å². The van der Waals surface area contributed by atoms with E-state index >= 15 is 0 Å². The highest BCUT2D eigenvalue weighted by molar-refractivity contribution is 7.92. The number of carbonyl (C=O) groups excluding carboxylic acids is 1. The number of sulfone groups is 1. The third-order valence-corrected chi connectivity index (χ3v) is 7.53. The summed E-state index contributed by atoms with van der Waals surface area (Å²) in [6, 6.07) is 9.18. The Hall–Kier alpha value is -2.82. The second-order valence-electron chi connectivity index (χ2n) is 7.68. The lowest BCUT2D eigenvalue weighted by Crippen LogP contribution is -2.56. The number of benzene rings is 2. The van der Waals surface area contributed by atoms with Crippen LogP contribution in [0.15, 0.2) is 47.5 Å². The fourth-order valence-corrected chi connectivity index (χ4v) is 5.68. The Balaban J connectivity index is 1.76. The van der Waals surface area contributed by atoms with E-state index in [4.69, 9.17) is 4.74 Å². The first-order chi connectivity index (χ1) is 15.2. The number of para-hydroxylation sites is 1. The van der Waals surface area contributed by atoms with Crippen LogP contribution in [0.1, 0.15) is 11.1 Å². The van der Waals surface area contributed by atoms with Crippen LogP contribution in [0.25, 0.3) is 10.9 Å². The number of nitrogens with zero attached hydrogens (tertiary/aromatic N) is 2. The Morgan fingerprint density at radius 2 is 1.78 bits per heavy atom.